The summed E-state index contributed by atoms with van der Waals surface area (Å²) in [4.78, 5) is 8.68. The summed E-state index contributed by atoms with van der Waals surface area (Å²) in [6.07, 6.45) is 3.60. The minimum atomic E-state index is 0.741. The van der Waals surface area contributed by atoms with E-state index in [4.69, 9.17) is 4.74 Å². The van der Waals surface area contributed by atoms with Gasteiger partial charge in [-0.3, -0.25) is 0 Å². The van der Waals surface area contributed by atoms with E-state index in [1.54, 1.807) is 13.3 Å². The van der Waals surface area contributed by atoms with Gasteiger partial charge in [-0.15, -0.1) is 0 Å². The molecular formula is C14H13N3O. The van der Waals surface area contributed by atoms with Crippen molar-refractivity contribution in [2.45, 2.75) is 6.54 Å². The lowest BCUT2D eigenvalue weighted by molar-refractivity contribution is 0.414. The monoisotopic (exact) mass is 239 g/mol. The molecule has 0 aliphatic carbocycles. The second kappa shape index (κ2) is 4.49. The molecule has 90 valence electrons. The highest BCUT2D eigenvalue weighted by Gasteiger charge is 2.04. The molecule has 2 heterocycles. The van der Waals surface area contributed by atoms with Crippen molar-refractivity contribution in [2.24, 2.45) is 0 Å². The van der Waals surface area contributed by atoms with Gasteiger partial charge in [0.2, 0.25) is 0 Å². The summed E-state index contributed by atoms with van der Waals surface area (Å²) in [5.74, 6) is 0.866. The van der Waals surface area contributed by atoms with E-state index >= 15 is 0 Å². The summed E-state index contributed by atoms with van der Waals surface area (Å²) in [6, 6.07) is 11.9. The van der Waals surface area contributed by atoms with Crippen LogP contribution in [0.2, 0.25) is 0 Å². The number of nitrogens with zero attached hydrogens (tertiary/aromatic N) is 3. The zero-order valence-electron chi connectivity index (χ0n) is 10.1. The topological polar surface area (TPSA) is 39.9 Å². The molecule has 0 N–H and O–H groups in total. The Labute approximate surface area is 105 Å². The number of ether oxygens (including phenoxy) is 1. The Bertz CT molecular complexity index is 675. The van der Waals surface area contributed by atoms with E-state index in [9.17, 15) is 0 Å². The summed E-state index contributed by atoms with van der Waals surface area (Å²) < 4.78 is 7.25. The molecule has 2 aromatic heterocycles. The van der Waals surface area contributed by atoms with Gasteiger partial charge >= 0.3 is 0 Å². The third kappa shape index (κ3) is 1.93. The van der Waals surface area contributed by atoms with E-state index in [1.165, 1.54) is 5.56 Å². The van der Waals surface area contributed by atoms with Crippen molar-refractivity contribution < 1.29 is 4.74 Å². The third-order valence-electron chi connectivity index (χ3n) is 2.86. The molecule has 3 rings (SSSR count). The number of benzene rings is 1. The van der Waals surface area contributed by atoms with Crippen molar-refractivity contribution in [3.63, 3.8) is 0 Å². The number of fused-ring (bicyclic) bond motifs is 1. The molecule has 18 heavy (non-hydrogen) atoms. The van der Waals surface area contributed by atoms with E-state index in [2.05, 4.69) is 16.0 Å². The molecular weight excluding hydrogens is 226 g/mol. The minimum Gasteiger partial charge on any atom is -0.497 e. The van der Waals surface area contributed by atoms with Gasteiger partial charge < -0.3 is 9.30 Å². The smallest absolute Gasteiger partial charge is 0.160 e. The van der Waals surface area contributed by atoms with Crippen molar-refractivity contribution in [2.75, 3.05) is 7.11 Å². The fourth-order valence-electron chi connectivity index (χ4n) is 1.98. The van der Waals surface area contributed by atoms with E-state index in [0.717, 1.165) is 23.5 Å². The van der Waals surface area contributed by atoms with Crippen molar-refractivity contribution in [1.29, 1.82) is 0 Å². The molecule has 0 fully saturated rings. The Hall–Kier alpha value is -2.36. The Morgan fingerprint density at radius 3 is 3.00 bits per heavy atom. The van der Waals surface area contributed by atoms with E-state index in [0.29, 0.717) is 0 Å². The zero-order chi connectivity index (χ0) is 12.4. The highest BCUT2D eigenvalue weighted by molar-refractivity contribution is 5.70. The van der Waals surface area contributed by atoms with Crippen LogP contribution in [0.5, 0.6) is 5.75 Å². The second-order valence-electron chi connectivity index (χ2n) is 4.07. The van der Waals surface area contributed by atoms with E-state index in [1.807, 2.05) is 41.2 Å². The summed E-state index contributed by atoms with van der Waals surface area (Å²) in [5.41, 5.74) is 2.99. The molecule has 0 unspecified atom stereocenters. The van der Waals surface area contributed by atoms with Crippen molar-refractivity contribution in [3.8, 4) is 5.75 Å². The Kier molecular flexibility index (Phi) is 2.68. The van der Waals surface area contributed by atoms with Gasteiger partial charge in [0.15, 0.2) is 5.65 Å². The lowest BCUT2D eigenvalue weighted by Gasteiger charge is -2.05. The summed E-state index contributed by atoms with van der Waals surface area (Å²) in [6.45, 7) is 0.741. The molecule has 3 aromatic rings. The standard InChI is InChI=1S/C14H13N3O/c1-18-12-5-2-4-11(8-12)9-17-10-16-13-6-3-7-15-14(13)17/h2-8,10H,9H2,1H3. The third-order valence-corrected chi connectivity index (χ3v) is 2.86. The molecule has 0 spiro atoms. The van der Waals surface area contributed by atoms with Crippen LogP contribution in [-0.4, -0.2) is 21.6 Å². The molecule has 4 heteroatoms. The number of hydrogen-bond donors (Lipinski definition) is 0. The van der Waals surface area contributed by atoms with Crippen LogP contribution in [0.3, 0.4) is 0 Å². The first-order valence-electron chi connectivity index (χ1n) is 5.75. The van der Waals surface area contributed by atoms with E-state index < -0.39 is 0 Å². The average molecular weight is 239 g/mol. The number of pyridine rings is 1. The number of aromatic nitrogens is 3. The van der Waals surface area contributed by atoms with Crippen molar-refractivity contribution in [1.82, 2.24) is 14.5 Å². The van der Waals surface area contributed by atoms with Gasteiger partial charge in [0, 0.05) is 6.20 Å². The summed E-state index contributed by atoms with van der Waals surface area (Å²) >= 11 is 0. The van der Waals surface area contributed by atoms with Crippen LogP contribution in [0.15, 0.2) is 48.9 Å². The first kappa shape index (κ1) is 10.8. The SMILES string of the molecule is COc1cccc(Cn2cnc3cccnc32)c1. The largest absolute Gasteiger partial charge is 0.497 e. The Balaban J connectivity index is 1.96. The van der Waals surface area contributed by atoms with Crippen LogP contribution in [0.4, 0.5) is 0 Å². The van der Waals surface area contributed by atoms with Gasteiger partial charge in [0.05, 0.1) is 20.0 Å². The van der Waals surface area contributed by atoms with Crippen LogP contribution in [0, 0.1) is 0 Å². The molecule has 0 saturated carbocycles. The summed E-state index contributed by atoms with van der Waals surface area (Å²) in [5, 5.41) is 0. The molecule has 0 saturated heterocycles. The maximum Gasteiger partial charge on any atom is 0.160 e. The zero-order valence-corrected chi connectivity index (χ0v) is 10.1. The number of imidazole rings is 1. The van der Waals surface area contributed by atoms with Crippen molar-refractivity contribution in [3.05, 3.63) is 54.5 Å². The second-order valence-corrected chi connectivity index (χ2v) is 4.07. The highest BCUT2D eigenvalue weighted by atomic mass is 16.5. The van der Waals surface area contributed by atoms with Crippen molar-refractivity contribution >= 4 is 11.2 Å². The van der Waals surface area contributed by atoms with Crippen LogP contribution in [0.1, 0.15) is 5.56 Å². The molecule has 0 bridgehead atoms. The maximum absolute atomic E-state index is 5.22. The molecule has 0 radical (unpaired) electrons. The molecule has 0 atom stereocenters. The molecule has 4 nitrogen and oxygen atoms in total. The maximum atomic E-state index is 5.22. The fourth-order valence-corrected chi connectivity index (χ4v) is 1.98. The predicted octanol–water partition coefficient (Wildman–Crippen LogP) is 2.49. The quantitative estimate of drug-likeness (QED) is 0.705. The van der Waals surface area contributed by atoms with Crippen LogP contribution < -0.4 is 4.74 Å². The first-order valence-corrected chi connectivity index (χ1v) is 5.75. The van der Waals surface area contributed by atoms with Gasteiger partial charge in [0.25, 0.3) is 0 Å². The Morgan fingerprint density at radius 2 is 2.11 bits per heavy atom. The average Bonchev–Trinajstić information content (AvgIpc) is 2.83. The fraction of sp³-hybridized carbons (Fsp3) is 0.143. The van der Waals surface area contributed by atoms with Gasteiger partial charge in [-0.1, -0.05) is 12.1 Å². The molecule has 0 aliphatic heterocycles. The van der Waals surface area contributed by atoms with Crippen LogP contribution in [-0.2, 0) is 6.54 Å². The van der Waals surface area contributed by atoms with Gasteiger partial charge in [-0.25, -0.2) is 9.97 Å². The van der Waals surface area contributed by atoms with Gasteiger partial charge in [-0.05, 0) is 29.8 Å². The molecule has 1 aromatic carbocycles. The number of hydrogen-bond acceptors (Lipinski definition) is 3. The van der Waals surface area contributed by atoms with Gasteiger partial charge in [-0.2, -0.15) is 0 Å². The molecule has 0 amide bonds. The molecule has 0 aliphatic rings. The van der Waals surface area contributed by atoms with Gasteiger partial charge in [0.1, 0.15) is 11.3 Å². The minimum absolute atomic E-state index is 0.741. The lowest BCUT2D eigenvalue weighted by Crippen LogP contribution is -1.99. The highest BCUT2D eigenvalue weighted by Crippen LogP contribution is 2.16. The first-order chi connectivity index (χ1) is 8.86. The normalized spacial score (nSPS) is 10.7. The van der Waals surface area contributed by atoms with Crippen LogP contribution >= 0.6 is 0 Å². The lowest BCUT2D eigenvalue weighted by atomic mass is 10.2. The van der Waals surface area contributed by atoms with E-state index in [-0.39, 0.29) is 0 Å². The Morgan fingerprint density at radius 1 is 1.17 bits per heavy atom. The number of methoxy groups -OCH3 is 1. The number of rotatable bonds is 3. The summed E-state index contributed by atoms with van der Waals surface area (Å²) in [7, 11) is 1.67. The van der Waals surface area contributed by atoms with Crippen LogP contribution in [0.25, 0.3) is 11.2 Å². The predicted molar refractivity (Wildman–Crippen MR) is 69.6 cm³/mol.